The zero-order valence-electron chi connectivity index (χ0n) is 22.0. The van der Waals surface area contributed by atoms with Gasteiger partial charge in [-0.25, -0.2) is 4.79 Å². The first kappa shape index (κ1) is 33.3. The van der Waals surface area contributed by atoms with Gasteiger partial charge in [0.2, 0.25) is 17.7 Å². The number of nitrogens with one attached hydrogen (secondary N) is 3. The van der Waals surface area contributed by atoms with Gasteiger partial charge in [0.25, 0.3) is 0 Å². The van der Waals surface area contributed by atoms with Crippen molar-refractivity contribution in [3.05, 3.63) is 0 Å². The molecule has 0 aliphatic rings. The van der Waals surface area contributed by atoms with Crippen LogP contribution in [0.1, 0.15) is 97.8 Å². The van der Waals surface area contributed by atoms with Gasteiger partial charge >= 0.3 is 11.9 Å². The summed E-state index contributed by atoms with van der Waals surface area (Å²) in [6, 6.07) is -3.26. The zero-order valence-corrected chi connectivity index (χ0v) is 22.0. The summed E-state index contributed by atoms with van der Waals surface area (Å²) in [7, 11) is 0. The van der Waals surface area contributed by atoms with E-state index in [9.17, 15) is 29.1 Å². The molecule has 0 saturated carbocycles. The number of amides is 3. The van der Waals surface area contributed by atoms with Crippen molar-refractivity contribution in [2.45, 2.75) is 116 Å². The lowest BCUT2D eigenvalue weighted by Gasteiger charge is -2.25. The Hall–Kier alpha value is -2.69. The molecule has 0 heterocycles. The van der Waals surface area contributed by atoms with Crippen LogP contribution in [0.3, 0.4) is 0 Å². The molecule has 4 atom stereocenters. The van der Waals surface area contributed by atoms with Gasteiger partial charge in [0.15, 0.2) is 0 Å². The third-order valence-corrected chi connectivity index (χ3v) is 6.16. The quantitative estimate of drug-likeness (QED) is 0.125. The first-order valence-corrected chi connectivity index (χ1v) is 13.1. The zero-order chi connectivity index (χ0) is 27.5. The predicted molar refractivity (Wildman–Crippen MR) is 136 cm³/mol. The summed E-state index contributed by atoms with van der Waals surface area (Å²) in [6.45, 7) is 6.09. The summed E-state index contributed by atoms with van der Waals surface area (Å²) >= 11 is 0. The molecule has 0 saturated heterocycles. The largest absolute Gasteiger partial charge is 0.481 e. The number of carbonyl (C=O) groups excluding carboxylic acids is 3. The molecule has 11 heteroatoms. The van der Waals surface area contributed by atoms with Crippen molar-refractivity contribution in [3.63, 3.8) is 0 Å². The van der Waals surface area contributed by atoms with Crippen LogP contribution in [0.15, 0.2) is 0 Å². The molecule has 3 amide bonds. The smallest absolute Gasteiger partial charge is 0.326 e. The van der Waals surface area contributed by atoms with Crippen LogP contribution in [-0.4, -0.2) is 64.5 Å². The third kappa shape index (κ3) is 15.3. The maximum atomic E-state index is 12.9. The molecule has 0 aliphatic carbocycles. The Morgan fingerprint density at radius 3 is 2.06 bits per heavy atom. The summed E-state index contributed by atoms with van der Waals surface area (Å²) in [5.41, 5.74) is 5.76. The van der Waals surface area contributed by atoms with Crippen LogP contribution in [0.2, 0.25) is 0 Å². The van der Waals surface area contributed by atoms with Crippen molar-refractivity contribution in [2.24, 2.45) is 11.7 Å². The van der Waals surface area contributed by atoms with E-state index in [1.165, 1.54) is 6.42 Å². The SMILES string of the molecule is CCCCCCCC(=O)NCCCC[C@H](NC(=O)[C@@H](N)CCC(=O)O)C(=O)N[C@H](C(=O)O)[C@@H](C)CC. The van der Waals surface area contributed by atoms with Crippen LogP contribution in [0, 0.1) is 5.92 Å². The molecule has 0 aromatic carbocycles. The van der Waals surface area contributed by atoms with Gasteiger partial charge in [0.05, 0.1) is 6.04 Å². The molecule has 0 rings (SSSR count). The van der Waals surface area contributed by atoms with Gasteiger partial charge < -0.3 is 31.9 Å². The van der Waals surface area contributed by atoms with Gasteiger partial charge in [0.1, 0.15) is 12.1 Å². The van der Waals surface area contributed by atoms with E-state index < -0.39 is 41.9 Å². The van der Waals surface area contributed by atoms with Crippen molar-refractivity contribution >= 4 is 29.7 Å². The average molecular weight is 515 g/mol. The topological polar surface area (TPSA) is 188 Å². The van der Waals surface area contributed by atoms with Crippen molar-refractivity contribution in [2.75, 3.05) is 6.54 Å². The Morgan fingerprint density at radius 2 is 1.47 bits per heavy atom. The lowest BCUT2D eigenvalue weighted by atomic mass is 9.98. The van der Waals surface area contributed by atoms with Crippen LogP contribution >= 0.6 is 0 Å². The molecule has 0 aromatic heterocycles. The molecule has 11 nitrogen and oxygen atoms in total. The minimum Gasteiger partial charge on any atom is -0.481 e. The Labute approximate surface area is 214 Å². The predicted octanol–water partition coefficient (Wildman–Crippen LogP) is 1.93. The summed E-state index contributed by atoms with van der Waals surface area (Å²) in [6.07, 6.45) is 7.21. The molecule has 7 N–H and O–H groups in total. The Morgan fingerprint density at radius 1 is 0.806 bits per heavy atom. The van der Waals surface area contributed by atoms with Gasteiger partial charge in [-0.3, -0.25) is 19.2 Å². The fourth-order valence-electron chi connectivity index (χ4n) is 3.57. The highest BCUT2D eigenvalue weighted by molar-refractivity contribution is 5.92. The van der Waals surface area contributed by atoms with Gasteiger partial charge in [-0.2, -0.15) is 0 Å². The van der Waals surface area contributed by atoms with E-state index in [-0.39, 0.29) is 31.1 Å². The normalized spacial score (nSPS) is 14.2. The van der Waals surface area contributed by atoms with E-state index in [0.717, 1.165) is 25.7 Å². The Kier molecular flexibility index (Phi) is 18.0. The molecule has 0 spiro atoms. The molecule has 0 aromatic rings. The molecular formula is C25H46N4O7. The monoisotopic (exact) mass is 514 g/mol. The number of carboxylic acids is 2. The van der Waals surface area contributed by atoms with Gasteiger partial charge in [-0.05, 0) is 38.0 Å². The maximum absolute atomic E-state index is 12.9. The summed E-state index contributed by atoms with van der Waals surface area (Å²) in [5, 5.41) is 26.2. The Balaban J connectivity index is 4.86. The second kappa shape index (κ2) is 19.5. The highest BCUT2D eigenvalue weighted by Gasteiger charge is 2.30. The van der Waals surface area contributed by atoms with Crippen LogP contribution in [-0.2, 0) is 24.0 Å². The Bertz CT molecular complexity index is 702. The summed E-state index contributed by atoms with van der Waals surface area (Å²) in [4.78, 5) is 59.6. The highest BCUT2D eigenvalue weighted by atomic mass is 16.4. The standard InChI is InChI=1S/C25H46N4O7/c1-4-6-7-8-9-13-20(30)27-16-11-10-12-19(28-23(33)18(26)14-15-21(31)32)24(34)29-22(25(35)36)17(3)5-2/h17-19,22H,4-16,26H2,1-3H3,(H,27,30)(H,28,33)(H,29,34)(H,31,32)(H,35,36)/t17-,18-,19-,22-/m0/s1. The minimum atomic E-state index is -1.17. The van der Waals surface area contributed by atoms with E-state index in [1.54, 1.807) is 6.92 Å². The lowest BCUT2D eigenvalue weighted by Crippen LogP contribution is -2.55. The average Bonchev–Trinajstić information content (AvgIpc) is 2.83. The number of carbonyl (C=O) groups is 5. The van der Waals surface area contributed by atoms with E-state index in [2.05, 4.69) is 22.9 Å². The van der Waals surface area contributed by atoms with Crippen molar-refractivity contribution < 1.29 is 34.2 Å². The van der Waals surface area contributed by atoms with E-state index in [0.29, 0.717) is 32.2 Å². The fraction of sp³-hybridized carbons (Fsp3) is 0.800. The van der Waals surface area contributed by atoms with Crippen LogP contribution in [0.25, 0.3) is 0 Å². The van der Waals surface area contributed by atoms with E-state index >= 15 is 0 Å². The minimum absolute atomic E-state index is 0.0173. The summed E-state index contributed by atoms with van der Waals surface area (Å²) < 4.78 is 0. The van der Waals surface area contributed by atoms with Gasteiger partial charge in [0, 0.05) is 19.4 Å². The van der Waals surface area contributed by atoms with Crippen molar-refractivity contribution in [1.29, 1.82) is 0 Å². The van der Waals surface area contributed by atoms with Crippen LogP contribution < -0.4 is 21.7 Å². The lowest BCUT2D eigenvalue weighted by molar-refractivity contribution is -0.143. The van der Waals surface area contributed by atoms with Gasteiger partial charge in [-0.1, -0.05) is 52.9 Å². The number of rotatable bonds is 21. The number of hydrogen-bond acceptors (Lipinski definition) is 6. The van der Waals surface area contributed by atoms with Crippen molar-refractivity contribution in [1.82, 2.24) is 16.0 Å². The van der Waals surface area contributed by atoms with Crippen LogP contribution in [0.5, 0.6) is 0 Å². The third-order valence-electron chi connectivity index (χ3n) is 6.16. The molecule has 36 heavy (non-hydrogen) atoms. The molecular weight excluding hydrogens is 468 g/mol. The fourth-order valence-corrected chi connectivity index (χ4v) is 3.57. The molecule has 0 aliphatic heterocycles. The number of carboxylic acid groups (broad SMARTS) is 2. The number of hydrogen-bond donors (Lipinski definition) is 6. The maximum Gasteiger partial charge on any atom is 0.326 e. The second-order valence-electron chi connectivity index (χ2n) is 9.32. The number of aliphatic carboxylic acids is 2. The second-order valence-corrected chi connectivity index (χ2v) is 9.32. The van der Waals surface area contributed by atoms with Crippen molar-refractivity contribution in [3.8, 4) is 0 Å². The molecule has 0 bridgehead atoms. The molecule has 0 radical (unpaired) electrons. The molecule has 0 unspecified atom stereocenters. The summed E-state index contributed by atoms with van der Waals surface area (Å²) in [5.74, 6) is -3.92. The molecule has 0 fully saturated rings. The molecule has 208 valence electrons. The van der Waals surface area contributed by atoms with E-state index in [1.807, 2.05) is 6.92 Å². The van der Waals surface area contributed by atoms with E-state index in [4.69, 9.17) is 10.8 Å². The number of unbranched alkanes of at least 4 members (excludes halogenated alkanes) is 5. The first-order valence-electron chi connectivity index (χ1n) is 13.1. The number of nitrogens with two attached hydrogens (primary N) is 1. The first-order chi connectivity index (χ1) is 17.0. The van der Waals surface area contributed by atoms with Gasteiger partial charge in [-0.15, -0.1) is 0 Å². The highest BCUT2D eigenvalue weighted by Crippen LogP contribution is 2.10. The van der Waals surface area contributed by atoms with Crippen LogP contribution in [0.4, 0.5) is 0 Å².